The van der Waals surface area contributed by atoms with Gasteiger partial charge in [-0.25, -0.2) is 4.98 Å². The summed E-state index contributed by atoms with van der Waals surface area (Å²) in [4.78, 5) is 24.2. The highest BCUT2D eigenvalue weighted by atomic mass is 127. The number of rotatable bonds is 7. The van der Waals surface area contributed by atoms with E-state index in [4.69, 9.17) is 4.98 Å². The fourth-order valence-electron chi connectivity index (χ4n) is 6.60. The van der Waals surface area contributed by atoms with Crippen molar-refractivity contribution in [1.82, 2.24) is 29.6 Å². The molecule has 1 aliphatic carbocycles. The van der Waals surface area contributed by atoms with E-state index in [0.717, 1.165) is 64.0 Å². The Bertz CT molecular complexity index is 1590. The topological polar surface area (TPSA) is 116 Å². The molecular formula is C30H33IN8O. The van der Waals surface area contributed by atoms with Crippen LogP contribution < -0.4 is 5.32 Å². The normalized spacial score (nSPS) is 23.1. The summed E-state index contributed by atoms with van der Waals surface area (Å²) in [5.74, 6) is 1.66. The molecule has 1 aliphatic heterocycles. The Morgan fingerprint density at radius 2 is 2.17 bits per heavy atom. The second-order valence-electron chi connectivity index (χ2n) is 11.5. The molecule has 2 aliphatic rings. The van der Waals surface area contributed by atoms with Crippen LogP contribution in [0.1, 0.15) is 66.5 Å². The number of carbonyl (C=O) groups is 1. The SMILES string of the molecule is C[C@H]1CCCN(Cc2cc(C(=O)Nc3cccc(C4(c5nncn5C)CC(CC#N)C4)c3)nc3c(I)c[nH]c23)C1. The zero-order valence-electron chi connectivity index (χ0n) is 22.8. The molecule has 40 heavy (non-hydrogen) atoms. The van der Waals surface area contributed by atoms with Gasteiger partial charge in [-0.2, -0.15) is 5.26 Å². The van der Waals surface area contributed by atoms with Crippen LogP contribution in [-0.4, -0.2) is 48.6 Å². The summed E-state index contributed by atoms with van der Waals surface area (Å²) in [7, 11) is 1.95. The van der Waals surface area contributed by atoms with Crippen molar-refractivity contribution in [1.29, 1.82) is 5.26 Å². The molecule has 6 rings (SSSR count). The molecule has 0 radical (unpaired) electrons. The molecule has 1 saturated carbocycles. The van der Waals surface area contributed by atoms with E-state index in [1.54, 1.807) is 6.33 Å². The number of aryl methyl sites for hydroxylation is 1. The number of nitrogens with zero attached hydrogens (tertiary/aromatic N) is 6. The van der Waals surface area contributed by atoms with Gasteiger partial charge in [-0.1, -0.05) is 19.1 Å². The van der Waals surface area contributed by atoms with Crippen LogP contribution >= 0.6 is 22.6 Å². The summed E-state index contributed by atoms with van der Waals surface area (Å²) in [5, 5.41) is 20.9. The van der Waals surface area contributed by atoms with Crippen molar-refractivity contribution < 1.29 is 4.79 Å². The van der Waals surface area contributed by atoms with Crippen LogP contribution in [0.25, 0.3) is 11.0 Å². The molecule has 1 atom stereocenters. The van der Waals surface area contributed by atoms with E-state index in [1.807, 2.05) is 42.1 Å². The fraction of sp³-hybridized carbons (Fsp3) is 0.433. The Morgan fingerprint density at radius 1 is 1.32 bits per heavy atom. The van der Waals surface area contributed by atoms with Crippen LogP contribution in [-0.2, 0) is 19.0 Å². The molecule has 1 saturated heterocycles. The molecule has 1 amide bonds. The maximum atomic E-state index is 13.6. The predicted octanol–water partition coefficient (Wildman–Crippen LogP) is 5.39. The van der Waals surface area contributed by atoms with Gasteiger partial charge >= 0.3 is 0 Å². The highest BCUT2D eigenvalue weighted by Gasteiger charge is 2.49. The van der Waals surface area contributed by atoms with Crippen molar-refractivity contribution in [2.24, 2.45) is 18.9 Å². The number of hydrogen-bond acceptors (Lipinski definition) is 6. The van der Waals surface area contributed by atoms with Gasteiger partial charge in [0, 0.05) is 38.4 Å². The number of halogens is 1. The van der Waals surface area contributed by atoms with Crippen LogP contribution in [0.4, 0.5) is 5.69 Å². The minimum atomic E-state index is -0.329. The highest BCUT2D eigenvalue weighted by Crippen LogP contribution is 2.53. The minimum absolute atomic E-state index is 0.229. The lowest BCUT2D eigenvalue weighted by Crippen LogP contribution is -2.44. The highest BCUT2D eigenvalue weighted by molar-refractivity contribution is 14.1. The monoisotopic (exact) mass is 648 g/mol. The quantitative estimate of drug-likeness (QED) is 0.260. The van der Waals surface area contributed by atoms with Gasteiger partial charge in [0.25, 0.3) is 5.91 Å². The number of aromatic nitrogens is 5. The van der Waals surface area contributed by atoms with E-state index in [9.17, 15) is 10.1 Å². The zero-order valence-corrected chi connectivity index (χ0v) is 25.0. The van der Waals surface area contributed by atoms with Crippen LogP contribution in [0.5, 0.6) is 0 Å². The van der Waals surface area contributed by atoms with Crippen molar-refractivity contribution in [2.75, 3.05) is 18.4 Å². The molecule has 4 heterocycles. The largest absolute Gasteiger partial charge is 0.359 e. The lowest BCUT2D eigenvalue weighted by Gasteiger charge is -2.46. The van der Waals surface area contributed by atoms with Crippen molar-refractivity contribution in [3.05, 3.63) is 69.1 Å². The average molecular weight is 649 g/mol. The lowest BCUT2D eigenvalue weighted by atomic mass is 9.57. The van der Waals surface area contributed by atoms with Gasteiger partial charge < -0.3 is 14.9 Å². The van der Waals surface area contributed by atoms with Gasteiger partial charge in [0.15, 0.2) is 0 Å². The van der Waals surface area contributed by atoms with Crippen molar-refractivity contribution >= 4 is 45.2 Å². The maximum Gasteiger partial charge on any atom is 0.274 e. The average Bonchev–Trinajstić information content (AvgIpc) is 3.52. The number of nitrogens with one attached hydrogen (secondary N) is 2. The molecule has 1 aromatic carbocycles. The van der Waals surface area contributed by atoms with Crippen molar-refractivity contribution in [2.45, 2.75) is 51.0 Å². The molecule has 2 N–H and O–H groups in total. The number of carbonyl (C=O) groups excluding carboxylic acids is 1. The van der Waals surface area contributed by atoms with Gasteiger partial charge in [0.2, 0.25) is 0 Å². The van der Waals surface area contributed by atoms with E-state index in [2.05, 4.69) is 67.0 Å². The standard InChI is InChI=1S/C30H33IN8O/c1-19-5-4-10-39(16-19)17-21-11-25(36-27-24(31)15-33-26(21)27)28(40)35-23-7-3-6-22(12-23)30(13-20(14-30)8-9-32)29-37-34-18-38(29)2/h3,6-7,11-12,15,18-20,33H,4-5,8,10,13-14,16-17H2,1-2H3,(H,35,40)/t19-,20?,30?/m0/s1. The number of piperidine rings is 1. The number of H-pyrrole nitrogens is 1. The van der Waals surface area contributed by atoms with Crippen molar-refractivity contribution in [3.8, 4) is 6.07 Å². The first kappa shape index (κ1) is 26.9. The smallest absolute Gasteiger partial charge is 0.274 e. The Hall–Kier alpha value is -3.30. The molecule has 0 bridgehead atoms. The molecule has 3 aromatic heterocycles. The van der Waals surface area contributed by atoms with Crippen LogP contribution in [0.3, 0.4) is 0 Å². The number of anilines is 1. The molecule has 0 spiro atoms. The third-order valence-electron chi connectivity index (χ3n) is 8.50. The summed E-state index contributed by atoms with van der Waals surface area (Å²) in [6, 6.07) is 12.2. The summed E-state index contributed by atoms with van der Waals surface area (Å²) < 4.78 is 2.95. The van der Waals surface area contributed by atoms with Gasteiger partial charge in [-0.3, -0.25) is 9.69 Å². The summed E-state index contributed by atoms with van der Waals surface area (Å²) in [6.07, 6.45) is 8.32. The van der Waals surface area contributed by atoms with E-state index in [1.165, 1.54) is 12.8 Å². The number of amides is 1. The first-order chi connectivity index (χ1) is 19.4. The predicted molar refractivity (Wildman–Crippen MR) is 162 cm³/mol. The summed E-state index contributed by atoms with van der Waals surface area (Å²) in [6.45, 7) is 5.24. The fourth-order valence-corrected chi connectivity index (χ4v) is 7.15. The van der Waals surface area contributed by atoms with E-state index in [0.29, 0.717) is 29.6 Å². The van der Waals surface area contributed by atoms with Crippen LogP contribution in [0.2, 0.25) is 0 Å². The second kappa shape index (κ2) is 10.9. The van der Waals surface area contributed by atoms with E-state index in [-0.39, 0.29) is 11.3 Å². The van der Waals surface area contributed by atoms with E-state index < -0.39 is 0 Å². The first-order valence-electron chi connectivity index (χ1n) is 13.9. The molecule has 2 fully saturated rings. The Kier molecular flexibility index (Phi) is 7.35. The number of nitriles is 1. The van der Waals surface area contributed by atoms with Gasteiger partial charge in [0.1, 0.15) is 23.4 Å². The first-order valence-corrected chi connectivity index (χ1v) is 15.0. The number of likely N-dealkylation sites (tertiary alicyclic amines) is 1. The Morgan fingerprint density at radius 3 is 2.92 bits per heavy atom. The minimum Gasteiger partial charge on any atom is -0.359 e. The number of benzene rings is 1. The summed E-state index contributed by atoms with van der Waals surface area (Å²) >= 11 is 2.27. The molecule has 10 heteroatoms. The van der Waals surface area contributed by atoms with Crippen LogP contribution in [0, 0.1) is 26.7 Å². The molecule has 0 unspecified atom stereocenters. The zero-order chi connectivity index (χ0) is 27.9. The third kappa shape index (κ3) is 5.01. The van der Waals surface area contributed by atoms with Gasteiger partial charge in [-0.05, 0) is 96.0 Å². The molecular weight excluding hydrogens is 615 g/mol. The number of fused-ring (bicyclic) bond motifs is 1. The number of pyridine rings is 1. The molecule has 206 valence electrons. The Labute approximate surface area is 247 Å². The second-order valence-corrected chi connectivity index (χ2v) is 12.7. The number of aromatic amines is 1. The third-order valence-corrected chi connectivity index (χ3v) is 9.33. The number of hydrogen-bond donors (Lipinski definition) is 2. The lowest BCUT2D eigenvalue weighted by molar-refractivity contribution is 0.102. The van der Waals surface area contributed by atoms with Gasteiger partial charge in [0.05, 0.1) is 20.6 Å². The molecule has 9 nitrogen and oxygen atoms in total. The van der Waals surface area contributed by atoms with E-state index >= 15 is 0 Å². The van der Waals surface area contributed by atoms with Crippen LogP contribution in [0.15, 0.2) is 42.9 Å². The van der Waals surface area contributed by atoms with Gasteiger partial charge in [-0.15, -0.1) is 10.2 Å². The molecule has 4 aromatic rings. The van der Waals surface area contributed by atoms with Crippen molar-refractivity contribution in [3.63, 3.8) is 0 Å². The Balaban J connectivity index is 1.28. The maximum absolute atomic E-state index is 13.6. The summed E-state index contributed by atoms with van der Waals surface area (Å²) in [5.41, 5.74) is 4.80.